The van der Waals surface area contributed by atoms with E-state index in [1.54, 1.807) is 13.8 Å². The van der Waals surface area contributed by atoms with Gasteiger partial charge in [0.1, 0.15) is 16.8 Å². The first-order chi connectivity index (χ1) is 29.1. The van der Waals surface area contributed by atoms with Crippen LogP contribution in [0.1, 0.15) is 175 Å². The smallest absolute Gasteiger partial charge is 0.317 e. The fourth-order valence-electron chi connectivity index (χ4n) is 12.6. The molecule has 1 aliphatic heterocycles. The second-order valence-electron chi connectivity index (χ2n) is 23.8. The predicted octanol–water partition coefficient (Wildman–Crippen LogP) is 10.9. The van der Waals surface area contributed by atoms with Crippen LogP contribution in [-0.2, 0) is 42.9 Å². The zero-order valence-electron chi connectivity index (χ0n) is 42.6. The zero-order chi connectivity index (χ0) is 47.7. The Balaban J connectivity index is 0.000000191. The van der Waals surface area contributed by atoms with Gasteiger partial charge < -0.3 is 24.1 Å². The van der Waals surface area contributed by atoms with Crippen LogP contribution < -0.4 is 0 Å². The van der Waals surface area contributed by atoms with Crippen molar-refractivity contribution in [3.8, 4) is 0 Å². The van der Waals surface area contributed by atoms with Crippen molar-refractivity contribution in [2.75, 3.05) is 6.61 Å². The molecular weight excluding hydrogens is 797 g/mol. The Morgan fingerprint density at radius 1 is 0.603 bits per heavy atom. The van der Waals surface area contributed by atoms with E-state index in [2.05, 4.69) is 32.4 Å². The van der Waals surface area contributed by atoms with Crippen molar-refractivity contribution in [1.82, 2.24) is 0 Å². The molecule has 10 nitrogen and oxygen atoms in total. The molecule has 18 atom stereocenters. The molecule has 7 aliphatic rings. The van der Waals surface area contributed by atoms with Gasteiger partial charge in [0.2, 0.25) is 0 Å². The number of hydrogen-bond acceptors (Lipinski definition) is 10. The van der Waals surface area contributed by atoms with E-state index in [4.69, 9.17) is 14.2 Å². The summed E-state index contributed by atoms with van der Waals surface area (Å²) in [4.78, 5) is 57.0. The van der Waals surface area contributed by atoms with Gasteiger partial charge in [0, 0.05) is 6.61 Å². The van der Waals surface area contributed by atoms with Crippen molar-refractivity contribution < 1.29 is 48.0 Å². The van der Waals surface area contributed by atoms with Crippen molar-refractivity contribution in [2.45, 2.75) is 192 Å². The maximum atomic E-state index is 12.1. The number of rotatable bonds is 11. The first kappa shape index (κ1) is 53.1. The highest BCUT2D eigenvalue weighted by molar-refractivity contribution is 5.95. The van der Waals surface area contributed by atoms with Gasteiger partial charge in [-0.1, -0.05) is 69.2 Å². The van der Waals surface area contributed by atoms with Crippen molar-refractivity contribution in [3.05, 3.63) is 0 Å². The average molecular weight is 887 g/mol. The Morgan fingerprint density at radius 2 is 1.05 bits per heavy atom. The fourth-order valence-corrected chi connectivity index (χ4v) is 12.6. The van der Waals surface area contributed by atoms with Crippen molar-refractivity contribution in [2.24, 2.45) is 107 Å². The summed E-state index contributed by atoms with van der Waals surface area (Å²) in [6.45, 7) is 34.6. The molecule has 18 unspecified atom stereocenters. The van der Waals surface area contributed by atoms with Crippen LogP contribution in [-0.4, -0.2) is 58.4 Å². The standard InChI is InChI=1S/C18H34O4.C15H24O.C14H24O2.C6H8O3/c1-9-13(3)15(19)21-17(5,6)11-12-18(7,8)22-16(20)14(4)10-2;1-7-8(2)12-5-11(7)14-9-3-10(6-16)13(4-9)15(12)14;1-8-9(2)11-6-10(8)7-12(11)13(15)16-14(3,4)5;1-3-4(2)6(8)9-5(3)7/h13-14H,9-12H2,1-8H3;7-16H,3-6H2,1-2H3;8-12H,6-7H2,1-5H3;3-4H,1-2H3. The van der Waals surface area contributed by atoms with Gasteiger partial charge in [0.25, 0.3) is 0 Å². The molecule has 0 radical (unpaired) electrons. The Morgan fingerprint density at radius 3 is 1.43 bits per heavy atom. The number of hydrogen-bond donors (Lipinski definition) is 1. The Kier molecular flexibility index (Phi) is 17.7. The van der Waals surface area contributed by atoms with E-state index >= 15 is 0 Å². The van der Waals surface area contributed by atoms with Gasteiger partial charge in [0.15, 0.2) is 0 Å². The van der Waals surface area contributed by atoms with E-state index in [1.165, 1.54) is 25.7 Å². The van der Waals surface area contributed by atoms with Crippen molar-refractivity contribution >= 4 is 29.8 Å². The molecule has 0 spiro atoms. The molecule has 0 amide bonds. The van der Waals surface area contributed by atoms with Crippen molar-refractivity contribution in [3.63, 3.8) is 0 Å². The van der Waals surface area contributed by atoms with Crippen LogP contribution in [0.3, 0.4) is 0 Å². The van der Waals surface area contributed by atoms with E-state index < -0.39 is 23.1 Å². The maximum absolute atomic E-state index is 12.1. The van der Waals surface area contributed by atoms with E-state index in [0.717, 1.165) is 78.4 Å². The highest BCUT2D eigenvalue weighted by Gasteiger charge is 2.65. The number of esters is 5. The third-order valence-electron chi connectivity index (χ3n) is 17.6. The highest BCUT2D eigenvalue weighted by atomic mass is 16.6. The lowest BCUT2D eigenvalue weighted by Gasteiger charge is -2.43. The molecule has 362 valence electrons. The third kappa shape index (κ3) is 12.5. The monoisotopic (exact) mass is 887 g/mol. The summed E-state index contributed by atoms with van der Waals surface area (Å²) >= 11 is 0. The molecule has 1 N–H and O–H groups in total. The van der Waals surface area contributed by atoms with Crippen molar-refractivity contribution in [1.29, 1.82) is 0 Å². The van der Waals surface area contributed by atoms with Crippen LogP contribution in [0.25, 0.3) is 0 Å². The van der Waals surface area contributed by atoms with Gasteiger partial charge in [-0.3, -0.25) is 24.0 Å². The number of aliphatic hydroxyl groups is 1. The minimum absolute atomic E-state index is 0.0405. The normalized spacial score (nSPS) is 37.9. The Hall–Kier alpha value is -2.49. The van der Waals surface area contributed by atoms with Gasteiger partial charge >= 0.3 is 29.8 Å². The summed E-state index contributed by atoms with van der Waals surface area (Å²) in [5, 5.41) is 9.50. The number of carbonyl (C=O) groups excluding carboxylic acids is 5. The summed E-state index contributed by atoms with van der Waals surface area (Å²) in [5.41, 5.74) is -1.45. The number of carbonyl (C=O) groups is 5. The SMILES string of the molecule is CC1C(=O)OC(=O)C1C.CC1C(C)C2CC1C1C3CC(CO)C(C3)C21.CC1C2CC(C(=O)OC(C)(C)C)C(C2)C1C.CCC(C)C(=O)OC(C)(C)CCC(C)(C)OC(=O)C(C)CC. The summed E-state index contributed by atoms with van der Waals surface area (Å²) in [6.07, 6.45) is 9.49. The topological polar surface area (TPSA) is 143 Å². The summed E-state index contributed by atoms with van der Waals surface area (Å²) < 4.78 is 21.0. The lowest BCUT2D eigenvalue weighted by molar-refractivity contribution is -0.168. The van der Waals surface area contributed by atoms with Gasteiger partial charge in [-0.2, -0.15) is 0 Å². The van der Waals surface area contributed by atoms with Gasteiger partial charge in [0.05, 0.1) is 29.6 Å². The van der Waals surface area contributed by atoms with Crippen LogP contribution in [0.5, 0.6) is 0 Å². The first-order valence-electron chi connectivity index (χ1n) is 25.1. The van der Waals surface area contributed by atoms with Crippen LogP contribution in [0.4, 0.5) is 0 Å². The van der Waals surface area contributed by atoms with E-state index in [-0.39, 0.29) is 53.1 Å². The molecule has 7 rings (SSSR count). The lowest BCUT2D eigenvalue weighted by atomic mass is 9.62. The summed E-state index contributed by atoms with van der Waals surface area (Å²) in [5.74, 6) is 9.94. The minimum atomic E-state index is -0.555. The largest absolute Gasteiger partial charge is 0.460 e. The third-order valence-corrected chi connectivity index (χ3v) is 17.6. The first-order valence-corrected chi connectivity index (χ1v) is 25.1. The van der Waals surface area contributed by atoms with Crippen LogP contribution in [0, 0.1) is 107 Å². The molecular formula is C53H90O10. The molecule has 1 heterocycles. The Bertz CT molecular complexity index is 1530. The number of ether oxygens (including phenoxy) is 4. The fraction of sp³-hybridized carbons (Fsp3) is 0.906. The minimum Gasteiger partial charge on any atom is -0.460 e. The highest BCUT2D eigenvalue weighted by Crippen LogP contribution is 2.71. The average Bonchev–Trinajstić information content (AvgIpc) is 4.08. The molecule has 1 saturated heterocycles. The molecule has 0 aromatic rings. The Labute approximate surface area is 382 Å². The van der Waals surface area contributed by atoms with E-state index in [0.29, 0.717) is 37.2 Å². The molecule has 10 heteroatoms. The number of cyclic esters (lactones) is 2. The van der Waals surface area contributed by atoms with Gasteiger partial charge in [-0.05, 0) is 183 Å². The van der Waals surface area contributed by atoms with Crippen LogP contribution in [0.15, 0.2) is 0 Å². The maximum Gasteiger partial charge on any atom is 0.317 e. The molecule has 0 aromatic carbocycles. The molecule has 0 aromatic heterocycles. The number of aliphatic hydroxyl groups excluding tert-OH is 1. The lowest BCUT2D eigenvalue weighted by Crippen LogP contribution is -2.39. The molecule has 7 fully saturated rings. The predicted molar refractivity (Wildman–Crippen MR) is 245 cm³/mol. The van der Waals surface area contributed by atoms with Crippen LogP contribution >= 0.6 is 0 Å². The second kappa shape index (κ2) is 21.0. The van der Waals surface area contributed by atoms with E-state index in [9.17, 15) is 29.1 Å². The molecule has 6 aliphatic carbocycles. The molecule has 6 saturated carbocycles. The summed E-state index contributed by atoms with van der Waals surface area (Å²) in [6, 6.07) is 0. The zero-order valence-corrected chi connectivity index (χ0v) is 42.6. The molecule has 6 bridgehead atoms. The molecule has 63 heavy (non-hydrogen) atoms. The number of fused-ring (bicyclic) bond motifs is 11. The van der Waals surface area contributed by atoms with Gasteiger partial charge in [-0.25, -0.2) is 0 Å². The summed E-state index contributed by atoms with van der Waals surface area (Å²) in [7, 11) is 0. The van der Waals surface area contributed by atoms with Crippen LogP contribution in [0.2, 0.25) is 0 Å². The van der Waals surface area contributed by atoms with Gasteiger partial charge in [-0.15, -0.1) is 0 Å². The second-order valence-corrected chi connectivity index (χ2v) is 23.8. The quantitative estimate of drug-likeness (QED) is 0.0922. The van der Waals surface area contributed by atoms with E-state index in [1.807, 2.05) is 76.2 Å².